The van der Waals surface area contributed by atoms with Crippen molar-refractivity contribution >= 4 is 0 Å². The first-order valence-electron chi connectivity index (χ1n) is 5.31. The molecule has 13 heavy (non-hydrogen) atoms. The lowest BCUT2D eigenvalue weighted by molar-refractivity contribution is 0.139. The first-order chi connectivity index (χ1) is 6.33. The highest BCUT2D eigenvalue weighted by Crippen LogP contribution is 1.98. The summed E-state index contributed by atoms with van der Waals surface area (Å²) in [5.41, 5.74) is 0. The van der Waals surface area contributed by atoms with Crippen LogP contribution in [0.4, 0.5) is 0 Å². The minimum atomic E-state index is 0.913. The van der Waals surface area contributed by atoms with Crippen molar-refractivity contribution in [2.24, 2.45) is 0 Å². The lowest BCUT2D eigenvalue weighted by Crippen LogP contribution is -2.34. The van der Waals surface area contributed by atoms with Gasteiger partial charge in [0.05, 0.1) is 6.61 Å². The maximum atomic E-state index is 5.40. The van der Waals surface area contributed by atoms with E-state index in [0.717, 1.165) is 26.3 Å². The van der Waals surface area contributed by atoms with Gasteiger partial charge in [0.2, 0.25) is 0 Å². The van der Waals surface area contributed by atoms with Gasteiger partial charge in [-0.3, -0.25) is 4.90 Å². The molecule has 78 valence electrons. The number of rotatable bonds is 4. The van der Waals surface area contributed by atoms with Crippen LogP contribution in [0.15, 0.2) is 0 Å². The normalized spacial score (nSPS) is 20.5. The van der Waals surface area contributed by atoms with Gasteiger partial charge in [0.25, 0.3) is 0 Å². The molecule has 0 amide bonds. The molecule has 0 bridgehead atoms. The zero-order chi connectivity index (χ0) is 9.52. The summed E-state index contributed by atoms with van der Waals surface area (Å²) >= 11 is 0. The Morgan fingerprint density at radius 3 is 2.92 bits per heavy atom. The maximum absolute atomic E-state index is 5.40. The van der Waals surface area contributed by atoms with E-state index < -0.39 is 0 Å². The smallest absolute Gasteiger partial charge is 0.0593 e. The van der Waals surface area contributed by atoms with E-state index in [9.17, 15) is 0 Å². The third-order valence-electron chi connectivity index (χ3n) is 2.65. The summed E-state index contributed by atoms with van der Waals surface area (Å²) in [7, 11) is 2.17. The monoisotopic (exact) mass is 186 g/mol. The predicted molar refractivity (Wildman–Crippen MR) is 55.0 cm³/mol. The second kappa shape index (κ2) is 6.35. The summed E-state index contributed by atoms with van der Waals surface area (Å²) in [4.78, 5) is 4.85. The molecule has 0 radical (unpaired) electrons. The summed E-state index contributed by atoms with van der Waals surface area (Å²) in [5, 5.41) is 0. The number of hydrogen-bond donors (Lipinski definition) is 0. The van der Waals surface area contributed by atoms with Gasteiger partial charge < -0.3 is 9.64 Å². The Balaban J connectivity index is 2.11. The number of likely N-dealkylation sites (N-methyl/N-ethyl adjacent to an activating group) is 1. The van der Waals surface area contributed by atoms with E-state index >= 15 is 0 Å². The molecule has 1 heterocycles. The average Bonchev–Trinajstić information content (AvgIpc) is 2.42. The molecule has 3 nitrogen and oxygen atoms in total. The Morgan fingerprint density at radius 2 is 2.15 bits per heavy atom. The molecule has 0 N–H and O–H groups in total. The summed E-state index contributed by atoms with van der Waals surface area (Å²) in [5.74, 6) is 0. The zero-order valence-electron chi connectivity index (χ0n) is 8.96. The highest BCUT2D eigenvalue weighted by Gasteiger charge is 2.08. The molecule has 3 heteroatoms. The fraction of sp³-hybridized carbons (Fsp3) is 1.00. The molecule has 0 spiro atoms. The van der Waals surface area contributed by atoms with Crippen molar-refractivity contribution in [3.05, 3.63) is 0 Å². The van der Waals surface area contributed by atoms with Gasteiger partial charge in [-0.1, -0.05) is 6.92 Å². The van der Waals surface area contributed by atoms with Crippen molar-refractivity contribution in [2.75, 3.05) is 53.0 Å². The molecule has 1 aliphatic heterocycles. The second-order valence-electron chi connectivity index (χ2n) is 3.70. The Labute approximate surface area is 81.7 Å². The van der Waals surface area contributed by atoms with Crippen LogP contribution in [-0.2, 0) is 4.74 Å². The highest BCUT2D eigenvalue weighted by atomic mass is 16.5. The van der Waals surface area contributed by atoms with Gasteiger partial charge in [0, 0.05) is 32.8 Å². The van der Waals surface area contributed by atoms with Gasteiger partial charge in [0.1, 0.15) is 0 Å². The zero-order valence-corrected chi connectivity index (χ0v) is 8.96. The molecule has 1 saturated heterocycles. The van der Waals surface area contributed by atoms with Crippen LogP contribution in [0.5, 0.6) is 0 Å². The van der Waals surface area contributed by atoms with Crippen LogP contribution >= 0.6 is 0 Å². The minimum Gasteiger partial charge on any atom is -0.380 e. The Morgan fingerprint density at radius 1 is 1.31 bits per heavy atom. The molecule has 1 aliphatic rings. The lowest BCUT2D eigenvalue weighted by atomic mass is 10.4. The summed E-state index contributed by atoms with van der Waals surface area (Å²) in [6.07, 6.45) is 1.19. The molecular weight excluding hydrogens is 164 g/mol. The van der Waals surface area contributed by atoms with Crippen LogP contribution in [0.25, 0.3) is 0 Å². The third kappa shape index (κ3) is 4.60. The van der Waals surface area contributed by atoms with Crippen molar-refractivity contribution in [3.8, 4) is 0 Å². The molecule has 0 aromatic rings. The summed E-state index contributed by atoms with van der Waals surface area (Å²) < 4.78 is 5.40. The summed E-state index contributed by atoms with van der Waals surface area (Å²) in [6.45, 7) is 9.88. The first kappa shape index (κ1) is 11.0. The topological polar surface area (TPSA) is 15.7 Å². The van der Waals surface area contributed by atoms with Crippen LogP contribution in [0.2, 0.25) is 0 Å². The Bertz CT molecular complexity index is 122. The van der Waals surface area contributed by atoms with E-state index in [2.05, 4.69) is 23.8 Å². The van der Waals surface area contributed by atoms with Crippen molar-refractivity contribution in [3.63, 3.8) is 0 Å². The maximum Gasteiger partial charge on any atom is 0.0593 e. The Kier molecular flexibility index (Phi) is 5.35. The van der Waals surface area contributed by atoms with Crippen LogP contribution in [0.3, 0.4) is 0 Å². The lowest BCUT2D eigenvalue weighted by Gasteiger charge is -2.22. The van der Waals surface area contributed by atoms with Crippen molar-refractivity contribution in [2.45, 2.75) is 13.3 Å². The SMILES string of the molecule is CCN(C)CCN1CCCOCC1. The molecule has 0 atom stereocenters. The van der Waals surface area contributed by atoms with E-state index in [1.807, 2.05) is 0 Å². The van der Waals surface area contributed by atoms with Crippen LogP contribution in [-0.4, -0.2) is 62.8 Å². The molecular formula is C10H22N2O. The molecule has 1 rings (SSSR count). The standard InChI is InChI=1S/C10H22N2O/c1-3-11(2)6-7-12-5-4-9-13-10-8-12/h3-10H2,1-2H3. The van der Waals surface area contributed by atoms with Gasteiger partial charge >= 0.3 is 0 Å². The fourth-order valence-electron chi connectivity index (χ4n) is 1.49. The number of nitrogens with zero attached hydrogens (tertiary/aromatic N) is 2. The minimum absolute atomic E-state index is 0.913. The molecule has 0 unspecified atom stereocenters. The van der Waals surface area contributed by atoms with Crippen molar-refractivity contribution < 1.29 is 4.74 Å². The fourth-order valence-corrected chi connectivity index (χ4v) is 1.49. The third-order valence-corrected chi connectivity index (χ3v) is 2.65. The van der Waals surface area contributed by atoms with E-state index in [-0.39, 0.29) is 0 Å². The highest BCUT2D eigenvalue weighted by molar-refractivity contribution is 4.62. The quantitative estimate of drug-likeness (QED) is 0.641. The van der Waals surface area contributed by atoms with Gasteiger partial charge in [-0.15, -0.1) is 0 Å². The predicted octanol–water partition coefficient (Wildman–Crippen LogP) is 0.660. The molecule has 0 aliphatic carbocycles. The van der Waals surface area contributed by atoms with Gasteiger partial charge in [-0.25, -0.2) is 0 Å². The van der Waals surface area contributed by atoms with Crippen molar-refractivity contribution in [1.29, 1.82) is 0 Å². The van der Waals surface area contributed by atoms with E-state index in [0.29, 0.717) is 0 Å². The Hall–Kier alpha value is -0.120. The van der Waals surface area contributed by atoms with E-state index in [1.54, 1.807) is 0 Å². The van der Waals surface area contributed by atoms with Crippen LogP contribution < -0.4 is 0 Å². The molecule has 0 aromatic heterocycles. The van der Waals surface area contributed by atoms with Crippen LogP contribution in [0.1, 0.15) is 13.3 Å². The van der Waals surface area contributed by atoms with Gasteiger partial charge in [-0.05, 0) is 20.0 Å². The number of ether oxygens (including phenoxy) is 1. The summed E-state index contributed by atoms with van der Waals surface area (Å²) in [6, 6.07) is 0. The number of hydrogen-bond acceptors (Lipinski definition) is 3. The molecule has 0 saturated carbocycles. The largest absolute Gasteiger partial charge is 0.380 e. The van der Waals surface area contributed by atoms with Crippen LogP contribution in [0, 0.1) is 0 Å². The van der Waals surface area contributed by atoms with Gasteiger partial charge in [-0.2, -0.15) is 0 Å². The van der Waals surface area contributed by atoms with E-state index in [4.69, 9.17) is 4.74 Å². The van der Waals surface area contributed by atoms with E-state index in [1.165, 1.54) is 26.1 Å². The molecule has 0 aromatic carbocycles. The van der Waals surface area contributed by atoms with Gasteiger partial charge in [0.15, 0.2) is 0 Å². The van der Waals surface area contributed by atoms with Crippen molar-refractivity contribution in [1.82, 2.24) is 9.80 Å². The molecule has 1 fully saturated rings. The average molecular weight is 186 g/mol. The second-order valence-corrected chi connectivity index (χ2v) is 3.70. The first-order valence-corrected chi connectivity index (χ1v) is 5.31.